The van der Waals surface area contributed by atoms with Crippen LogP contribution in [0.3, 0.4) is 0 Å². The molecule has 2 aliphatic rings. The second kappa shape index (κ2) is 7.36. The molecule has 0 N–H and O–H groups in total. The molecule has 0 aliphatic carbocycles. The van der Waals surface area contributed by atoms with E-state index in [-0.39, 0.29) is 5.01 Å². The van der Waals surface area contributed by atoms with Gasteiger partial charge in [0.15, 0.2) is 5.01 Å². The van der Waals surface area contributed by atoms with Crippen molar-refractivity contribution in [2.24, 2.45) is 5.92 Å². The average molecular weight is 346 g/mol. The standard InChI is InChI=1S/C15H24F2N4OS/c1-10-7-20(8-11(2)22-10)9-12-3-5-21(6-4-12)15-19-18-14(23-15)13(16)17/h10-13H,3-9H2,1-2H3/t10-,11-/m1/s1. The van der Waals surface area contributed by atoms with Crippen LogP contribution in [-0.2, 0) is 4.74 Å². The summed E-state index contributed by atoms with van der Waals surface area (Å²) in [7, 11) is 0. The van der Waals surface area contributed by atoms with E-state index in [1.54, 1.807) is 0 Å². The van der Waals surface area contributed by atoms with Crippen molar-refractivity contribution in [2.45, 2.75) is 45.3 Å². The van der Waals surface area contributed by atoms with Crippen LogP contribution in [0.4, 0.5) is 13.9 Å². The summed E-state index contributed by atoms with van der Waals surface area (Å²) in [5, 5.41) is 7.93. The summed E-state index contributed by atoms with van der Waals surface area (Å²) >= 11 is 1.01. The molecular formula is C15H24F2N4OS. The smallest absolute Gasteiger partial charge is 0.291 e. The zero-order valence-corrected chi connectivity index (χ0v) is 14.4. The van der Waals surface area contributed by atoms with Crippen molar-refractivity contribution in [1.82, 2.24) is 15.1 Å². The molecule has 0 unspecified atom stereocenters. The van der Waals surface area contributed by atoms with Crippen molar-refractivity contribution < 1.29 is 13.5 Å². The van der Waals surface area contributed by atoms with Crippen molar-refractivity contribution in [3.05, 3.63) is 5.01 Å². The molecule has 1 aromatic heterocycles. The third-order valence-corrected chi connectivity index (χ3v) is 5.50. The SMILES string of the molecule is C[C@@H]1CN(CC2CCN(c3nnc(C(F)F)s3)CC2)C[C@@H](C)O1. The fraction of sp³-hybridized carbons (Fsp3) is 0.867. The predicted octanol–water partition coefficient (Wildman–Crippen LogP) is 2.80. The van der Waals surface area contributed by atoms with Gasteiger partial charge in [-0.2, -0.15) is 0 Å². The highest BCUT2D eigenvalue weighted by Gasteiger charge is 2.28. The molecular weight excluding hydrogens is 322 g/mol. The van der Waals surface area contributed by atoms with E-state index >= 15 is 0 Å². The zero-order valence-electron chi connectivity index (χ0n) is 13.6. The van der Waals surface area contributed by atoms with Crippen LogP contribution >= 0.6 is 11.3 Å². The Morgan fingerprint density at radius 3 is 2.39 bits per heavy atom. The van der Waals surface area contributed by atoms with Crippen molar-refractivity contribution in [3.8, 4) is 0 Å². The van der Waals surface area contributed by atoms with Gasteiger partial charge in [-0.1, -0.05) is 11.3 Å². The maximum atomic E-state index is 12.6. The van der Waals surface area contributed by atoms with E-state index in [0.29, 0.717) is 23.3 Å². The molecule has 2 atom stereocenters. The summed E-state index contributed by atoms with van der Waals surface area (Å²) in [5.41, 5.74) is 0. The Labute approximate surface area is 139 Å². The maximum absolute atomic E-state index is 12.6. The molecule has 2 aliphatic heterocycles. The number of piperidine rings is 1. The molecule has 2 saturated heterocycles. The summed E-state index contributed by atoms with van der Waals surface area (Å²) < 4.78 is 31.0. The van der Waals surface area contributed by atoms with E-state index in [4.69, 9.17) is 4.74 Å². The molecule has 1 aromatic rings. The predicted molar refractivity (Wildman–Crippen MR) is 86.3 cm³/mol. The van der Waals surface area contributed by atoms with E-state index in [9.17, 15) is 8.78 Å². The first kappa shape index (κ1) is 17.0. The lowest BCUT2D eigenvalue weighted by atomic mass is 9.96. The first-order chi connectivity index (χ1) is 11.0. The second-order valence-corrected chi connectivity index (χ2v) is 7.62. The normalized spacial score (nSPS) is 27.8. The number of hydrogen-bond donors (Lipinski definition) is 0. The lowest BCUT2D eigenvalue weighted by molar-refractivity contribution is -0.0720. The molecule has 0 bridgehead atoms. The monoisotopic (exact) mass is 346 g/mol. The maximum Gasteiger partial charge on any atom is 0.291 e. The average Bonchev–Trinajstić information content (AvgIpc) is 2.97. The van der Waals surface area contributed by atoms with Crippen molar-refractivity contribution >= 4 is 16.5 Å². The molecule has 2 fully saturated rings. The van der Waals surface area contributed by atoms with E-state index in [1.807, 2.05) is 0 Å². The number of aromatic nitrogens is 2. The molecule has 3 heterocycles. The lowest BCUT2D eigenvalue weighted by Gasteiger charge is -2.39. The topological polar surface area (TPSA) is 41.5 Å². The zero-order chi connectivity index (χ0) is 16.4. The van der Waals surface area contributed by atoms with Gasteiger partial charge in [0.05, 0.1) is 12.2 Å². The van der Waals surface area contributed by atoms with Crippen LogP contribution in [0.2, 0.25) is 0 Å². The largest absolute Gasteiger partial charge is 0.373 e. The third-order valence-electron chi connectivity index (χ3n) is 4.51. The summed E-state index contributed by atoms with van der Waals surface area (Å²) in [6, 6.07) is 0. The van der Waals surface area contributed by atoms with Crippen molar-refractivity contribution in [2.75, 3.05) is 37.6 Å². The van der Waals surface area contributed by atoms with Crippen LogP contribution in [0, 0.1) is 5.92 Å². The van der Waals surface area contributed by atoms with Crippen LogP contribution in [0.1, 0.15) is 38.1 Å². The Hall–Kier alpha value is -0.860. The molecule has 8 heteroatoms. The van der Waals surface area contributed by atoms with Gasteiger partial charge >= 0.3 is 0 Å². The Balaban J connectivity index is 1.48. The summed E-state index contributed by atoms with van der Waals surface area (Å²) in [4.78, 5) is 4.59. The van der Waals surface area contributed by atoms with Gasteiger partial charge in [0.25, 0.3) is 6.43 Å². The Morgan fingerprint density at radius 1 is 1.17 bits per heavy atom. The number of morpholine rings is 1. The van der Waals surface area contributed by atoms with Crippen LogP contribution in [0.25, 0.3) is 0 Å². The molecule has 23 heavy (non-hydrogen) atoms. The molecule has 3 rings (SSSR count). The summed E-state index contributed by atoms with van der Waals surface area (Å²) in [6.45, 7) is 9.10. The first-order valence-corrected chi connectivity index (χ1v) is 9.07. The first-order valence-electron chi connectivity index (χ1n) is 8.25. The van der Waals surface area contributed by atoms with Crippen LogP contribution < -0.4 is 4.90 Å². The fourth-order valence-electron chi connectivity index (χ4n) is 3.55. The fourth-order valence-corrected chi connectivity index (χ4v) is 4.30. The molecule has 0 aromatic carbocycles. The number of rotatable bonds is 4. The number of nitrogens with zero attached hydrogens (tertiary/aromatic N) is 4. The van der Waals surface area contributed by atoms with E-state index < -0.39 is 6.43 Å². The lowest BCUT2D eigenvalue weighted by Crippen LogP contribution is -2.48. The molecule has 5 nitrogen and oxygen atoms in total. The number of anilines is 1. The number of halogens is 2. The minimum absolute atomic E-state index is 0.182. The van der Waals surface area contributed by atoms with Crippen molar-refractivity contribution in [3.63, 3.8) is 0 Å². The third kappa shape index (κ3) is 4.36. The highest BCUT2D eigenvalue weighted by atomic mass is 32.1. The summed E-state index contributed by atoms with van der Waals surface area (Å²) in [5.74, 6) is 0.659. The van der Waals surface area contributed by atoms with Gasteiger partial charge in [-0.25, -0.2) is 8.78 Å². The van der Waals surface area contributed by atoms with Gasteiger partial charge in [0, 0.05) is 32.7 Å². The molecule has 0 amide bonds. The Morgan fingerprint density at radius 2 is 1.83 bits per heavy atom. The highest BCUT2D eigenvalue weighted by Crippen LogP contribution is 2.30. The van der Waals surface area contributed by atoms with Gasteiger partial charge in [-0.3, -0.25) is 4.90 Å². The van der Waals surface area contributed by atoms with Crippen LogP contribution in [0.5, 0.6) is 0 Å². The van der Waals surface area contributed by atoms with Crippen LogP contribution in [-0.4, -0.2) is 60.0 Å². The summed E-state index contributed by atoms with van der Waals surface area (Å²) in [6.07, 6.45) is 0.220. The van der Waals surface area contributed by atoms with E-state index in [2.05, 4.69) is 33.8 Å². The van der Waals surface area contributed by atoms with Crippen LogP contribution in [0.15, 0.2) is 0 Å². The second-order valence-electron chi connectivity index (χ2n) is 6.63. The Bertz CT molecular complexity index is 497. The molecule has 130 valence electrons. The molecule has 0 saturated carbocycles. The van der Waals surface area contributed by atoms with Gasteiger partial charge in [0.1, 0.15) is 0 Å². The Kier molecular flexibility index (Phi) is 5.43. The number of hydrogen-bond acceptors (Lipinski definition) is 6. The van der Waals surface area contributed by atoms with Crippen molar-refractivity contribution in [1.29, 1.82) is 0 Å². The van der Waals surface area contributed by atoms with Gasteiger partial charge in [-0.05, 0) is 32.6 Å². The molecule has 0 radical (unpaired) electrons. The van der Waals surface area contributed by atoms with Gasteiger partial charge in [-0.15, -0.1) is 10.2 Å². The number of alkyl halides is 2. The minimum atomic E-state index is -2.52. The van der Waals surface area contributed by atoms with E-state index in [0.717, 1.165) is 56.9 Å². The highest BCUT2D eigenvalue weighted by molar-refractivity contribution is 7.15. The quantitative estimate of drug-likeness (QED) is 0.839. The van der Waals surface area contributed by atoms with Gasteiger partial charge in [0.2, 0.25) is 5.13 Å². The molecule has 0 spiro atoms. The number of ether oxygens (including phenoxy) is 1. The van der Waals surface area contributed by atoms with E-state index in [1.165, 1.54) is 0 Å². The van der Waals surface area contributed by atoms with Gasteiger partial charge < -0.3 is 9.64 Å². The minimum Gasteiger partial charge on any atom is -0.373 e.